The molecule has 1 aliphatic rings. The number of aromatic nitrogens is 2. The van der Waals surface area contributed by atoms with Crippen molar-refractivity contribution in [1.29, 1.82) is 0 Å². The molecular formula is C11H20N8O2. The van der Waals surface area contributed by atoms with Gasteiger partial charge < -0.3 is 10.2 Å². The Hall–Kier alpha value is -2.04. The van der Waals surface area contributed by atoms with E-state index in [4.69, 9.17) is 5.84 Å². The summed E-state index contributed by atoms with van der Waals surface area (Å²) in [5.41, 5.74) is 2.12. The Labute approximate surface area is 122 Å². The zero-order valence-electron chi connectivity index (χ0n) is 12.1. The second-order valence-corrected chi connectivity index (χ2v) is 5.11. The second-order valence-electron chi connectivity index (χ2n) is 5.11. The minimum absolute atomic E-state index is 0.136. The van der Waals surface area contributed by atoms with Crippen molar-refractivity contribution in [2.75, 3.05) is 51.0 Å². The molecule has 2 heterocycles. The Morgan fingerprint density at radius 2 is 2.29 bits per heavy atom. The molecule has 0 aromatic carbocycles. The molecule has 1 fully saturated rings. The van der Waals surface area contributed by atoms with Crippen LogP contribution in [0, 0.1) is 10.1 Å². The molecule has 0 radical (unpaired) electrons. The van der Waals surface area contributed by atoms with Crippen molar-refractivity contribution in [2.45, 2.75) is 6.04 Å². The van der Waals surface area contributed by atoms with Crippen LogP contribution in [0.5, 0.6) is 0 Å². The van der Waals surface area contributed by atoms with Crippen molar-refractivity contribution in [3.63, 3.8) is 0 Å². The highest BCUT2D eigenvalue weighted by Gasteiger charge is 2.24. The first kappa shape index (κ1) is 15.4. The van der Waals surface area contributed by atoms with Crippen LogP contribution in [0.25, 0.3) is 0 Å². The largest absolute Gasteiger partial charge is 0.363 e. The number of nitrogens with two attached hydrogens (primary N) is 1. The van der Waals surface area contributed by atoms with Crippen molar-refractivity contribution in [3.8, 4) is 0 Å². The molecule has 21 heavy (non-hydrogen) atoms. The molecule has 2 rings (SSSR count). The lowest BCUT2D eigenvalue weighted by atomic mass is 10.2. The van der Waals surface area contributed by atoms with Crippen LogP contribution >= 0.6 is 0 Å². The number of anilines is 2. The van der Waals surface area contributed by atoms with Gasteiger partial charge in [0.1, 0.15) is 6.20 Å². The number of nitrogens with one attached hydrogen (secondary N) is 2. The monoisotopic (exact) mass is 296 g/mol. The lowest BCUT2D eigenvalue weighted by Crippen LogP contribution is -2.52. The summed E-state index contributed by atoms with van der Waals surface area (Å²) in [5.74, 6) is 5.54. The quantitative estimate of drug-likeness (QED) is 0.368. The Kier molecular flexibility index (Phi) is 4.83. The van der Waals surface area contributed by atoms with Crippen molar-refractivity contribution in [1.82, 2.24) is 19.8 Å². The lowest BCUT2D eigenvalue weighted by Gasteiger charge is -2.37. The third-order valence-electron chi connectivity index (χ3n) is 3.58. The number of hydrazine groups is 1. The van der Waals surface area contributed by atoms with Crippen LogP contribution in [-0.2, 0) is 0 Å². The smallest absolute Gasteiger partial charge is 0.329 e. The van der Waals surface area contributed by atoms with Gasteiger partial charge in [-0.15, -0.1) is 0 Å². The Bertz CT molecular complexity index is 511. The zero-order chi connectivity index (χ0) is 15.4. The number of nitrogens with zero attached hydrogens (tertiary/aromatic N) is 5. The van der Waals surface area contributed by atoms with Crippen LogP contribution in [-0.4, -0.2) is 71.0 Å². The molecule has 1 unspecified atom stereocenters. The van der Waals surface area contributed by atoms with E-state index in [1.807, 2.05) is 7.05 Å². The van der Waals surface area contributed by atoms with E-state index in [1.165, 1.54) is 0 Å². The van der Waals surface area contributed by atoms with Crippen molar-refractivity contribution >= 4 is 17.5 Å². The van der Waals surface area contributed by atoms with Gasteiger partial charge in [-0.25, -0.2) is 10.8 Å². The van der Waals surface area contributed by atoms with E-state index in [9.17, 15) is 10.1 Å². The van der Waals surface area contributed by atoms with Crippen LogP contribution in [0.2, 0.25) is 0 Å². The Balaban J connectivity index is 2.09. The van der Waals surface area contributed by atoms with Crippen molar-refractivity contribution < 1.29 is 4.92 Å². The van der Waals surface area contributed by atoms with Gasteiger partial charge in [0, 0.05) is 32.2 Å². The van der Waals surface area contributed by atoms with Crippen LogP contribution in [0.4, 0.5) is 17.5 Å². The maximum Gasteiger partial charge on any atom is 0.329 e. The van der Waals surface area contributed by atoms with Gasteiger partial charge in [0.05, 0.1) is 4.92 Å². The minimum Gasteiger partial charge on any atom is -0.363 e. The minimum atomic E-state index is -0.515. The molecule has 4 N–H and O–H groups in total. The van der Waals surface area contributed by atoms with Gasteiger partial charge in [-0.3, -0.25) is 20.4 Å². The number of hydrogen-bond donors (Lipinski definition) is 3. The number of nitrogen functional groups attached to an aromatic ring is 1. The van der Waals surface area contributed by atoms with E-state index in [2.05, 4.69) is 37.6 Å². The van der Waals surface area contributed by atoms with Gasteiger partial charge in [-0.05, 0) is 14.1 Å². The molecule has 1 aromatic rings. The summed E-state index contributed by atoms with van der Waals surface area (Å²) in [6.45, 7) is 3.43. The normalized spacial score (nSPS) is 20.2. The summed E-state index contributed by atoms with van der Waals surface area (Å²) >= 11 is 0. The summed E-state index contributed by atoms with van der Waals surface area (Å²) in [7, 11) is 4.10. The first-order valence-corrected chi connectivity index (χ1v) is 6.62. The molecule has 0 spiro atoms. The molecule has 1 atom stereocenters. The van der Waals surface area contributed by atoms with Crippen molar-refractivity contribution in [3.05, 3.63) is 16.3 Å². The van der Waals surface area contributed by atoms with E-state index < -0.39 is 4.92 Å². The molecule has 10 nitrogen and oxygen atoms in total. The van der Waals surface area contributed by atoms with Crippen LogP contribution < -0.4 is 16.6 Å². The maximum atomic E-state index is 11.0. The maximum absolute atomic E-state index is 11.0. The first-order valence-electron chi connectivity index (χ1n) is 6.62. The van der Waals surface area contributed by atoms with E-state index in [1.54, 1.807) is 0 Å². The predicted octanol–water partition coefficient (Wildman–Crippen LogP) is -0.672. The topological polar surface area (TPSA) is 125 Å². The second kappa shape index (κ2) is 6.61. The van der Waals surface area contributed by atoms with Gasteiger partial charge in [0.25, 0.3) is 0 Å². The molecule has 1 aliphatic heterocycles. The predicted molar refractivity (Wildman–Crippen MR) is 78.9 cm³/mol. The summed E-state index contributed by atoms with van der Waals surface area (Å²) in [4.78, 5) is 22.7. The molecule has 0 aliphatic carbocycles. The number of piperazine rings is 1. The first-order chi connectivity index (χ1) is 10.0. The molecule has 0 bridgehead atoms. The number of rotatable bonds is 5. The molecule has 10 heteroatoms. The highest BCUT2D eigenvalue weighted by atomic mass is 16.6. The molecule has 0 saturated carbocycles. The molecule has 1 saturated heterocycles. The van der Waals surface area contributed by atoms with Crippen LogP contribution in [0.3, 0.4) is 0 Å². The average molecular weight is 296 g/mol. The van der Waals surface area contributed by atoms with Crippen LogP contribution in [0.15, 0.2) is 6.20 Å². The van der Waals surface area contributed by atoms with E-state index >= 15 is 0 Å². The van der Waals surface area contributed by atoms with Gasteiger partial charge >= 0.3 is 5.69 Å². The van der Waals surface area contributed by atoms with Gasteiger partial charge in [-0.2, -0.15) is 4.98 Å². The third-order valence-corrected chi connectivity index (χ3v) is 3.58. The van der Waals surface area contributed by atoms with E-state index in [-0.39, 0.29) is 23.5 Å². The third kappa shape index (κ3) is 3.74. The standard InChI is InChI=1S/C11H20N8O2/c1-17-3-4-18(2)8(7-17)5-13-10-9(19(20)21)6-14-11(15-10)16-12/h6,8H,3-5,7,12H2,1-2H3,(H2,13,14,15,16). The van der Waals surface area contributed by atoms with Gasteiger partial charge in [0.2, 0.25) is 11.8 Å². The van der Waals surface area contributed by atoms with Gasteiger partial charge in [-0.1, -0.05) is 0 Å². The fourth-order valence-corrected chi connectivity index (χ4v) is 2.25. The number of likely N-dealkylation sites (N-methyl/N-ethyl adjacent to an activating group) is 2. The zero-order valence-corrected chi connectivity index (χ0v) is 12.1. The summed E-state index contributed by atoms with van der Waals surface area (Å²) in [5, 5.41) is 14.0. The average Bonchev–Trinajstić information content (AvgIpc) is 2.47. The SMILES string of the molecule is CN1CCN(C)C(CNc2nc(NN)ncc2[N+](=O)[O-])C1. The lowest BCUT2D eigenvalue weighted by molar-refractivity contribution is -0.384. The van der Waals surface area contributed by atoms with Crippen molar-refractivity contribution in [2.24, 2.45) is 5.84 Å². The summed E-state index contributed by atoms with van der Waals surface area (Å²) in [6.07, 6.45) is 1.14. The number of hydrogen-bond acceptors (Lipinski definition) is 9. The fourth-order valence-electron chi connectivity index (χ4n) is 2.25. The van der Waals surface area contributed by atoms with Crippen LogP contribution in [0.1, 0.15) is 0 Å². The highest BCUT2D eigenvalue weighted by Crippen LogP contribution is 2.22. The number of nitro groups is 1. The van der Waals surface area contributed by atoms with Gasteiger partial charge in [0.15, 0.2) is 0 Å². The summed E-state index contributed by atoms with van der Waals surface area (Å²) < 4.78 is 0. The molecule has 1 aromatic heterocycles. The Morgan fingerprint density at radius 1 is 1.52 bits per heavy atom. The molecule has 116 valence electrons. The molecule has 0 amide bonds. The highest BCUT2D eigenvalue weighted by molar-refractivity contribution is 5.56. The fraction of sp³-hybridized carbons (Fsp3) is 0.636. The van der Waals surface area contributed by atoms with E-state index in [0.717, 1.165) is 25.8 Å². The van der Waals surface area contributed by atoms with E-state index in [0.29, 0.717) is 6.54 Å². The Morgan fingerprint density at radius 3 is 2.95 bits per heavy atom. The molecular weight excluding hydrogens is 276 g/mol. The summed E-state index contributed by atoms with van der Waals surface area (Å²) in [6, 6.07) is 0.257.